The summed E-state index contributed by atoms with van der Waals surface area (Å²) in [5.74, 6) is 1.10. The second-order valence-corrected chi connectivity index (χ2v) is 8.55. The molecule has 0 aliphatic heterocycles. The summed E-state index contributed by atoms with van der Waals surface area (Å²) in [5.41, 5.74) is 2.99. The highest BCUT2D eigenvalue weighted by Gasteiger charge is 2.08. The largest absolute Gasteiger partial charge is 0.259 e. The third-order valence-corrected chi connectivity index (χ3v) is 6.07. The number of benzene rings is 2. The predicted octanol–water partition coefficient (Wildman–Crippen LogP) is 6.29. The van der Waals surface area contributed by atoms with Gasteiger partial charge in [0.2, 0.25) is 5.16 Å². The second-order valence-electron chi connectivity index (χ2n) is 5.83. The van der Waals surface area contributed by atoms with Gasteiger partial charge in [-0.15, -0.1) is 16.4 Å². The number of thiazole rings is 1. The van der Waals surface area contributed by atoms with Gasteiger partial charge in [0, 0.05) is 21.2 Å². The van der Waals surface area contributed by atoms with Crippen LogP contribution in [0, 0.1) is 5.82 Å². The lowest BCUT2D eigenvalue weighted by atomic mass is 10.2. The van der Waals surface area contributed by atoms with E-state index in [2.05, 4.69) is 48.6 Å². The SMILES string of the molecule is Fc1ccc(/C=C/c2nc(SCc3csc(-c4cccc(Br)c4)n3)n[nH]2)cc1. The molecule has 140 valence electrons. The smallest absolute Gasteiger partial charge is 0.209 e. The zero-order valence-electron chi connectivity index (χ0n) is 14.5. The van der Waals surface area contributed by atoms with Crippen LogP contribution in [-0.4, -0.2) is 20.2 Å². The molecular weight excluding hydrogens is 459 g/mol. The zero-order valence-corrected chi connectivity index (χ0v) is 17.7. The molecule has 2 aromatic heterocycles. The van der Waals surface area contributed by atoms with Crippen LogP contribution >= 0.6 is 39.0 Å². The van der Waals surface area contributed by atoms with Crippen LogP contribution in [0.5, 0.6) is 0 Å². The van der Waals surface area contributed by atoms with Gasteiger partial charge in [-0.05, 0) is 35.9 Å². The van der Waals surface area contributed by atoms with Crippen LogP contribution < -0.4 is 0 Å². The number of nitrogens with one attached hydrogen (secondary N) is 1. The van der Waals surface area contributed by atoms with E-state index >= 15 is 0 Å². The van der Waals surface area contributed by atoms with E-state index < -0.39 is 0 Å². The molecule has 0 radical (unpaired) electrons. The summed E-state index contributed by atoms with van der Waals surface area (Å²) < 4.78 is 14.0. The Hall–Kier alpha value is -2.29. The summed E-state index contributed by atoms with van der Waals surface area (Å²) >= 11 is 6.65. The van der Waals surface area contributed by atoms with Crippen molar-refractivity contribution < 1.29 is 4.39 Å². The molecule has 0 fully saturated rings. The highest BCUT2D eigenvalue weighted by Crippen LogP contribution is 2.28. The van der Waals surface area contributed by atoms with Crippen molar-refractivity contribution in [2.24, 2.45) is 0 Å². The monoisotopic (exact) mass is 472 g/mol. The third kappa shape index (κ3) is 4.95. The van der Waals surface area contributed by atoms with Crippen LogP contribution in [-0.2, 0) is 5.75 Å². The van der Waals surface area contributed by atoms with Crippen molar-refractivity contribution in [2.75, 3.05) is 0 Å². The molecule has 0 aliphatic carbocycles. The van der Waals surface area contributed by atoms with Crippen LogP contribution in [0.3, 0.4) is 0 Å². The number of thioether (sulfide) groups is 1. The molecule has 28 heavy (non-hydrogen) atoms. The van der Waals surface area contributed by atoms with E-state index in [0.29, 0.717) is 16.7 Å². The Morgan fingerprint density at radius 3 is 2.79 bits per heavy atom. The van der Waals surface area contributed by atoms with Crippen LogP contribution in [0.1, 0.15) is 17.1 Å². The number of aromatic amines is 1. The van der Waals surface area contributed by atoms with E-state index in [1.165, 1.54) is 23.9 Å². The predicted molar refractivity (Wildman–Crippen MR) is 117 cm³/mol. The Bertz CT molecular complexity index is 1110. The quantitative estimate of drug-likeness (QED) is 0.335. The van der Waals surface area contributed by atoms with Crippen molar-refractivity contribution in [1.82, 2.24) is 20.2 Å². The molecule has 0 spiro atoms. The Labute approximate surface area is 178 Å². The number of rotatable bonds is 6. The van der Waals surface area contributed by atoms with Crippen LogP contribution in [0.2, 0.25) is 0 Å². The number of H-pyrrole nitrogens is 1. The van der Waals surface area contributed by atoms with Crippen LogP contribution in [0.25, 0.3) is 22.7 Å². The van der Waals surface area contributed by atoms with E-state index in [1.807, 2.05) is 24.3 Å². The summed E-state index contributed by atoms with van der Waals surface area (Å²) in [7, 11) is 0. The minimum absolute atomic E-state index is 0.249. The summed E-state index contributed by atoms with van der Waals surface area (Å²) in [5, 5.41) is 10.8. The minimum Gasteiger partial charge on any atom is -0.259 e. The molecule has 1 N–H and O–H groups in total. The Kier molecular flexibility index (Phi) is 5.99. The van der Waals surface area contributed by atoms with Crippen molar-refractivity contribution in [3.8, 4) is 10.6 Å². The van der Waals surface area contributed by atoms with Gasteiger partial charge in [0.05, 0.1) is 5.69 Å². The maximum absolute atomic E-state index is 12.9. The highest BCUT2D eigenvalue weighted by atomic mass is 79.9. The lowest BCUT2D eigenvalue weighted by Crippen LogP contribution is -1.83. The molecule has 2 heterocycles. The molecule has 4 aromatic rings. The molecule has 0 saturated heterocycles. The van der Waals surface area contributed by atoms with Crippen molar-refractivity contribution in [1.29, 1.82) is 0 Å². The van der Waals surface area contributed by atoms with E-state index in [0.717, 1.165) is 26.3 Å². The first-order chi connectivity index (χ1) is 13.7. The fourth-order valence-corrected chi connectivity index (χ4v) is 4.43. The van der Waals surface area contributed by atoms with E-state index in [4.69, 9.17) is 4.98 Å². The number of hydrogen-bond donors (Lipinski definition) is 1. The molecule has 0 aliphatic rings. The number of halogens is 2. The summed E-state index contributed by atoms with van der Waals surface area (Å²) in [6.07, 6.45) is 3.68. The van der Waals surface area contributed by atoms with Gasteiger partial charge in [-0.1, -0.05) is 58.0 Å². The summed E-state index contributed by atoms with van der Waals surface area (Å²) in [6, 6.07) is 14.4. The molecule has 0 bridgehead atoms. The average Bonchev–Trinajstić information content (AvgIpc) is 3.35. The van der Waals surface area contributed by atoms with Gasteiger partial charge in [0.15, 0.2) is 0 Å². The highest BCUT2D eigenvalue weighted by molar-refractivity contribution is 9.10. The molecule has 4 rings (SSSR count). The Balaban J connectivity index is 1.36. The Morgan fingerprint density at radius 2 is 1.96 bits per heavy atom. The molecule has 0 atom stereocenters. The molecular formula is C20H14BrFN4S2. The van der Waals surface area contributed by atoms with E-state index in [9.17, 15) is 4.39 Å². The van der Waals surface area contributed by atoms with Gasteiger partial charge in [-0.25, -0.2) is 14.4 Å². The maximum Gasteiger partial charge on any atom is 0.209 e. The fraction of sp³-hybridized carbons (Fsp3) is 0.0500. The number of hydrogen-bond acceptors (Lipinski definition) is 5. The number of nitrogens with zero attached hydrogens (tertiary/aromatic N) is 3. The Morgan fingerprint density at radius 1 is 1.11 bits per heavy atom. The normalized spacial score (nSPS) is 11.4. The lowest BCUT2D eigenvalue weighted by Gasteiger charge is -1.96. The van der Waals surface area contributed by atoms with Gasteiger partial charge >= 0.3 is 0 Å². The minimum atomic E-state index is -0.249. The van der Waals surface area contributed by atoms with Gasteiger partial charge in [0.1, 0.15) is 16.6 Å². The maximum atomic E-state index is 12.9. The molecule has 2 aromatic carbocycles. The van der Waals surface area contributed by atoms with Gasteiger partial charge in [0.25, 0.3) is 0 Å². The van der Waals surface area contributed by atoms with Gasteiger partial charge in [-0.3, -0.25) is 5.10 Å². The average molecular weight is 473 g/mol. The van der Waals surface area contributed by atoms with Crippen molar-refractivity contribution in [3.63, 3.8) is 0 Å². The van der Waals surface area contributed by atoms with Crippen LogP contribution in [0.15, 0.2) is 63.5 Å². The van der Waals surface area contributed by atoms with Crippen molar-refractivity contribution in [2.45, 2.75) is 10.9 Å². The third-order valence-electron chi connectivity index (χ3n) is 3.76. The molecule has 0 amide bonds. The standard InChI is InChI=1S/C20H14BrFN4S2/c21-15-3-1-2-14(10-15)19-23-17(11-27-19)12-28-20-24-18(25-26-20)9-6-13-4-7-16(22)8-5-13/h1-11H,12H2,(H,24,25,26)/b9-6+. The first-order valence-corrected chi connectivity index (χ1v) is 11.0. The van der Waals surface area contributed by atoms with Gasteiger partial charge < -0.3 is 0 Å². The van der Waals surface area contributed by atoms with Crippen molar-refractivity contribution in [3.05, 3.63) is 81.3 Å². The molecule has 4 nitrogen and oxygen atoms in total. The van der Waals surface area contributed by atoms with Crippen molar-refractivity contribution >= 4 is 51.2 Å². The number of aromatic nitrogens is 4. The van der Waals surface area contributed by atoms with E-state index in [1.54, 1.807) is 23.5 Å². The topological polar surface area (TPSA) is 54.5 Å². The van der Waals surface area contributed by atoms with Gasteiger partial charge in [-0.2, -0.15) is 0 Å². The first kappa shape index (κ1) is 19.0. The first-order valence-electron chi connectivity index (χ1n) is 8.35. The van der Waals surface area contributed by atoms with E-state index in [-0.39, 0.29) is 5.82 Å². The molecule has 0 saturated carbocycles. The zero-order chi connectivity index (χ0) is 19.3. The second kappa shape index (κ2) is 8.81. The summed E-state index contributed by atoms with van der Waals surface area (Å²) in [4.78, 5) is 9.13. The fourth-order valence-electron chi connectivity index (χ4n) is 2.41. The lowest BCUT2D eigenvalue weighted by molar-refractivity contribution is 0.628. The molecule has 0 unspecified atom stereocenters. The summed E-state index contributed by atoms with van der Waals surface area (Å²) in [6.45, 7) is 0. The van der Waals surface area contributed by atoms with Crippen LogP contribution in [0.4, 0.5) is 4.39 Å². The molecule has 8 heteroatoms.